The molecule has 0 aromatic carbocycles. The lowest BCUT2D eigenvalue weighted by atomic mass is 10.0. The number of methoxy groups -OCH3 is 1. The molecule has 1 aliphatic rings. The summed E-state index contributed by atoms with van der Waals surface area (Å²) in [6.45, 7) is 2.62. The minimum absolute atomic E-state index is 0. The van der Waals surface area contributed by atoms with E-state index in [0.29, 0.717) is 25.6 Å². The van der Waals surface area contributed by atoms with Gasteiger partial charge in [0.25, 0.3) is 0 Å². The number of halogens is 1. The van der Waals surface area contributed by atoms with Crippen LogP contribution in [0.2, 0.25) is 0 Å². The number of nitrogens with one attached hydrogen (secondary N) is 2. The molecule has 0 saturated heterocycles. The van der Waals surface area contributed by atoms with Gasteiger partial charge in [-0.25, -0.2) is 4.98 Å². The third kappa shape index (κ3) is 9.60. The summed E-state index contributed by atoms with van der Waals surface area (Å²) in [5.74, 6) is 2.44. The predicted molar refractivity (Wildman–Crippen MR) is 121 cm³/mol. The fraction of sp³-hybridized carbons (Fsp3) is 0.700. The Morgan fingerprint density at radius 1 is 1.22 bits per heavy atom. The van der Waals surface area contributed by atoms with Gasteiger partial charge in [-0.15, -0.1) is 24.0 Å². The van der Waals surface area contributed by atoms with E-state index in [0.717, 1.165) is 24.0 Å². The van der Waals surface area contributed by atoms with Crippen molar-refractivity contribution in [3.05, 3.63) is 23.9 Å². The van der Waals surface area contributed by atoms with Gasteiger partial charge in [0, 0.05) is 39.0 Å². The molecule has 1 aliphatic carbocycles. The van der Waals surface area contributed by atoms with Crippen molar-refractivity contribution in [2.24, 2.45) is 10.9 Å². The van der Waals surface area contributed by atoms with Crippen LogP contribution >= 0.6 is 24.0 Å². The molecule has 1 aromatic heterocycles. The smallest absolute Gasteiger partial charge is 0.218 e. The van der Waals surface area contributed by atoms with Gasteiger partial charge in [-0.1, -0.05) is 44.6 Å². The number of hydrogen-bond acceptors (Lipinski definition) is 4. The SMILES string of the molecule is CN=C(NCCCCC1CCCC1)NCc1cccnc1OCCOC.I. The van der Waals surface area contributed by atoms with E-state index in [1.54, 1.807) is 20.4 Å². The van der Waals surface area contributed by atoms with Crippen molar-refractivity contribution in [2.45, 2.75) is 51.5 Å². The zero-order valence-corrected chi connectivity index (χ0v) is 19.0. The second-order valence-electron chi connectivity index (χ2n) is 6.81. The summed E-state index contributed by atoms with van der Waals surface area (Å²) < 4.78 is 10.7. The molecule has 0 bridgehead atoms. The van der Waals surface area contributed by atoms with Crippen molar-refractivity contribution >= 4 is 29.9 Å². The van der Waals surface area contributed by atoms with Crippen LogP contribution < -0.4 is 15.4 Å². The quantitative estimate of drug-likeness (QED) is 0.214. The van der Waals surface area contributed by atoms with E-state index in [1.807, 2.05) is 12.1 Å². The van der Waals surface area contributed by atoms with E-state index in [4.69, 9.17) is 9.47 Å². The van der Waals surface area contributed by atoms with Gasteiger partial charge in [-0.2, -0.15) is 0 Å². The molecule has 0 spiro atoms. The second kappa shape index (κ2) is 14.9. The Morgan fingerprint density at radius 2 is 2.04 bits per heavy atom. The Hall–Kier alpha value is -1.09. The minimum atomic E-state index is 0. The fourth-order valence-corrected chi connectivity index (χ4v) is 3.37. The first-order chi connectivity index (χ1) is 12.8. The van der Waals surface area contributed by atoms with Crippen molar-refractivity contribution in [1.82, 2.24) is 15.6 Å². The standard InChI is InChI=1S/C20H34N4O2.HI/c1-21-20(23-12-6-5-10-17-8-3-4-9-17)24-16-18-11-7-13-22-19(18)26-15-14-25-2;/h7,11,13,17H,3-6,8-10,12,14-16H2,1-2H3,(H2,21,23,24);1H. The van der Waals surface area contributed by atoms with Crippen molar-refractivity contribution in [3.63, 3.8) is 0 Å². The Bertz CT molecular complexity index is 536. The van der Waals surface area contributed by atoms with Crippen molar-refractivity contribution in [3.8, 4) is 5.88 Å². The molecule has 2 rings (SSSR count). The van der Waals surface area contributed by atoms with Crippen LogP contribution in [0.3, 0.4) is 0 Å². The molecule has 0 radical (unpaired) electrons. The highest BCUT2D eigenvalue weighted by Crippen LogP contribution is 2.28. The van der Waals surface area contributed by atoms with E-state index in [9.17, 15) is 0 Å². The molecule has 1 saturated carbocycles. The zero-order valence-electron chi connectivity index (χ0n) is 16.7. The molecule has 27 heavy (non-hydrogen) atoms. The van der Waals surface area contributed by atoms with Gasteiger partial charge in [0.1, 0.15) is 6.61 Å². The maximum Gasteiger partial charge on any atom is 0.218 e. The van der Waals surface area contributed by atoms with E-state index in [1.165, 1.54) is 44.9 Å². The number of nitrogens with zero attached hydrogens (tertiary/aromatic N) is 2. The number of rotatable bonds is 11. The van der Waals surface area contributed by atoms with Crippen molar-refractivity contribution < 1.29 is 9.47 Å². The lowest BCUT2D eigenvalue weighted by Crippen LogP contribution is -2.37. The summed E-state index contributed by atoms with van der Waals surface area (Å²) in [6, 6.07) is 3.93. The maximum atomic E-state index is 5.67. The van der Waals surface area contributed by atoms with Gasteiger partial charge in [0.15, 0.2) is 5.96 Å². The second-order valence-corrected chi connectivity index (χ2v) is 6.81. The average molecular weight is 490 g/mol. The molecule has 1 heterocycles. The average Bonchev–Trinajstić information content (AvgIpc) is 3.18. The van der Waals surface area contributed by atoms with Crippen LogP contribution in [0.4, 0.5) is 0 Å². The van der Waals surface area contributed by atoms with Gasteiger partial charge in [0.2, 0.25) is 5.88 Å². The third-order valence-electron chi connectivity index (χ3n) is 4.85. The Labute approximate surface area is 180 Å². The minimum Gasteiger partial charge on any atom is -0.475 e. The third-order valence-corrected chi connectivity index (χ3v) is 4.85. The van der Waals surface area contributed by atoms with E-state index in [-0.39, 0.29) is 24.0 Å². The lowest BCUT2D eigenvalue weighted by molar-refractivity contribution is 0.143. The van der Waals surface area contributed by atoms with Crippen LogP contribution in [0, 0.1) is 5.92 Å². The molecule has 1 aromatic rings. The number of aliphatic imine (C=N–C) groups is 1. The highest BCUT2D eigenvalue weighted by atomic mass is 127. The number of hydrogen-bond donors (Lipinski definition) is 2. The summed E-state index contributed by atoms with van der Waals surface area (Å²) in [7, 11) is 3.46. The normalized spacial score (nSPS) is 14.7. The molecule has 1 fully saturated rings. The molecular formula is C20H35IN4O2. The van der Waals surface area contributed by atoms with Gasteiger partial charge < -0.3 is 20.1 Å². The number of guanidine groups is 1. The predicted octanol–water partition coefficient (Wildman–Crippen LogP) is 3.75. The topological polar surface area (TPSA) is 67.8 Å². The largest absolute Gasteiger partial charge is 0.475 e. The molecule has 0 amide bonds. The van der Waals surface area contributed by atoms with Gasteiger partial charge in [-0.05, 0) is 18.4 Å². The number of aromatic nitrogens is 1. The summed E-state index contributed by atoms with van der Waals surface area (Å²) in [4.78, 5) is 8.60. The summed E-state index contributed by atoms with van der Waals surface area (Å²) in [5.41, 5.74) is 1.01. The van der Waals surface area contributed by atoms with Crippen molar-refractivity contribution in [2.75, 3.05) is 33.9 Å². The van der Waals surface area contributed by atoms with Gasteiger partial charge in [-0.3, -0.25) is 4.99 Å². The fourth-order valence-electron chi connectivity index (χ4n) is 3.37. The van der Waals surface area contributed by atoms with Gasteiger partial charge >= 0.3 is 0 Å². The highest BCUT2D eigenvalue weighted by molar-refractivity contribution is 14.0. The van der Waals surface area contributed by atoms with Crippen LogP contribution in [-0.2, 0) is 11.3 Å². The Morgan fingerprint density at radius 3 is 2.78 bits per heavy atom. The molecule has 154 valence electrons. The first kappa shape index (κ1) is 23.9. The van der Waals surface area contributed by atoms with Crippen LogP contribution in [0.25, 0.3) is 0 Å². The molecule has 2 N–H and O–H groups in total. The number of pyridine rings is 1. The first-order valence-electron chi connectivity index (χ1n) is 9.83. The monoisotopic (exact) mass is 490 g/mol. The first-order valence-corrected chi connectivity index (χ1v) is 9.83. The molecule has 6 nitrogen and oxygen atoms in total. The summed E-state index contributed by atoms with van der Waals surface area (Å²) in [6.07, 6.45) is 11.4. The van der Waals surface area contributed by atoms with Crippen LogP contribution in [0.1, 0.15) is 50.5 Å². The van der Waals surface area contributed by atoms with Crippen molar-refractivity contribution in [1.29, 1.82) is 0 Å². The molecule has 0 unspecified atom stereocenters. The zero-order chi connectivity index (χ0) is 18.5. The molecule has 7 heteroatoms. The van der Waals surface area contributed by atoms with Gasteiger partial charge in [0.05, 0.1) is 6.61 Å². The molecule has 0 aliphatic heterocycles. The Kier molecular flexibility index (Phi) is 13.2. The van der Waals surface area contributed by atoms with Crippen LogP contribution in [0.15, 0.2) is 23.3 Å². The molecule has 0 atom stereocenters. The van der Waals surface area contributed by atoms with Crippen LogP contribution in [0.5, 0.6) is 5.88 Å². The Balaban J connectivity index is 0.00000364. The summed E-state index contributed by atoms with van der Waals surface area (Å²) >= 11 is 0. The summed E-state index contributed by atoms with van der Waals surface area (Å²) in [5, 5.41) is 6.73. The lowest BCUT2D eigenvalue weighted by Gasteiger charge is -2.14. The maximum absolute atomic E-state index is 5.67. The number of ether oxygens (including phenoxy) is 2. The van der Waals surface area contributed by atoms with E-state index >= 15 is 0 Å². The molecular weight excluding hydrogens is 455 g/mol. The number of unbranched alkanes of at least 4 members (excludes halogenated alkanes) is 1. The van der Waals surface area contributed by atoms with E-state index < -0.39 is 0 Å². The van der Waals surface area contributed by atoms with E-state index in [2.05, 4.69) is 20.6 Å². The highest BCUT2D eigenvalue weighted by Gasteiger charge is 2.13. The van der Waals surface area contributed by atoms with Crippen LogP contribution in [-0.4, -0.2) is 44.9 Å².